The van der Waals surface area contributed by atoms with E-state index in [4.69, 9.17) is 14.6 Å². The second kappa shape index (κ2) is 9.67. The summed E-state index contributed by atoms with van der Waals surface area (Å²) < 4.78 is 10.2. The molecule has 138 valence electrons. The molecule has 4 nitrogen and oxygen atoms in total. The van der Waals surface area contributed by atoms with E-state index in [0.29, 0.717) is 5.56 Å². The summed E-state index contributed by atoms with van der Waals surface area (Å²) >= 11 is 0. The van der Waals surface area contributed by atoms with E-state index in [1.807, 2.05) is 42.5 Å². The molecule has 0 amide bonds. The normalized spacial score (nSPS) is 10.6. The molecule has 0 aliphatic heterocycles. The van der Waals surface area contributed by atoms with Gasteiger partial charge in [-0.05, 0) is 34.4 Å². The summed E-state index contributed by atoms with van der Waals surface area (Å²) in [6, 6.07) is 25.8. The molecule has 4 heteroatoms. The Balaban J connectivity index is 1.72. The van der Waals surface area contributed by atoms with Crippen LogP contribution in [0.1, 0.15) is 10.4 Å². The number of rotatable bonds is 8. The van der Waals surface area contributed by atoms with Crippen molar-refractivity contribution in [2.24, 2.45) is 0 Å². The number of hydrogen-bond donors (Lipinski definition) is 1. The maximum Gasteiger partial charge on any atom is 0.338 e. The maximum atomic E-state index is 12.1. The quantitative estimate of drug-likeness (QED) is 0.482. The van der Waals surface area contributed by atoms with Crippen molar-refractivity contribution in [2.75, 3.05) is 26.4 Å². The van der Waals surface area contributed by atoms with Crippen LogP contribution in [0.5, 0.6) is 0 Å². The molecular weight excluding hydrogens is 340 g/mol. The molecule has 0 aliphatic carbocycles. The van der Waals surface area contributed by atoms with Crippen LogP contribution >= 0.6 is 0 Å². The highest BCUT2D eigenvalue weighted by atomic mass is 16.6. The molecule has 0 aromatic heterocycles. The first-order valence-corrected chi connectivity index (χ1v) is 8.90. The summed E-state index contributed by atoms with van der Waals surface area (Å²) in [7, 11) is 0. The highest BCUT2D eigenvalue weighted by molar-refractivity contribution is 5.91. The summed E-state index contributed by atoms with van der Waals surface area (Å²) in [6.45, 7) is 0.638. The Morgan fingerprint density at radius 3 is 1.93 bits per heavy atom. The fraction of sp³-hybridized carbons (Fsp3) is 0.174. The van der Waals surface area contributed by atoms with Gasteiger partial charge in [0, 0.05) is 0 Å². The lowest BCUT2D eigenvalue weighted by atomic mass is 9.94. The van der Waals surface area contributed by atoms with Crippen LogP contribution in [0.15, 0.2) is 78.9 Å². The van der Waals surface area contributed by atoms with E-state index < -0.39 is 0 Å². The SMILES string of the molecule is O=C(OCCOCCO)c1ccc(-c2ccccc2-c2ccccc2)cc1. The Morgan fingerprint density at radius 1 is 0.704 bits per heavy atom. The molecule has 3 aromatic rings. The number of hydrogen-bond acceptors (Lipinski definition) is 4. The molecule has 0 saturated carbocycles. The highest BCUT2D eigenvalue weighted by Gasteiger charge is 2.10. The zero-order chi connectivity index (χ0) is 18.9. The molecule has 0 spiro atoms. The summed E-state index contributed by atoms with van der Waals surface area (Å²) in [5.41, 5.74) is 4.95. The lowest BCUT2D eigenvalue weighted by Gasteiger charge is -2.11. The second-order valence-electron chi connectivity index (χ2n) is 5.96. The number of aliphatic hydroxyl groups is 1. The second-order valence-corrected chi connectivity index (χ2v) is 5.96. The molecule has 0 unspecified atom stereocenters. The van der Waals surface area contributed by atoms with Crippen molar-refractivity contribution in [1.82, 2.24) is 0 Å². The Hall–Kier alpha value is -2.95. The molecule has 1 N–H and O–H groups in total. The van der Waals surface area contributed by atoms with Gasteiger partial charge in [0.15, 0.2) is 0 Å². The molecule has 0 fully saturated rings. The average Bonchev–Trinajstić information content (AvgIpc) is 2.74. The fourth-order valence-corrected chi connectivity index (χ4v) is 2.83. The van der Waals surface area contributed by atoms with E-state index in [9.17, 15) is 4.79 Å². The van der Waals surface area contributed by atoms with Gasteiger partial charge in [-0.1, -0.05) is 66.7 Å². The summed E-state index contributed by atoms with van der Waals surface area (Å²) in [4.78, 5) is 12.1. The van der Waals surface area contributed by atoms with Gasteiger partial charge < -0.3 is 14.6 Å². The van der Waals surface area contributed by atoms with Crippen LogP contribution in [0.25, 0.3) is 22.3 Å². The third-order valence-electron chi connectivity index (χ3n) is 4.14. The van der Waals surface area contributed by atoms with Gasteiger partial charge in [0.25, 0.3) is 0 Å². The van der Waals surface area contributed by atoms with E-state index in [1.54, 1.807) is 12.1 Å². The largest absolute Gasteiger partial charge is 0.460 e. The van der Waals surface area contributed by atoms with Gasteiger partial charge in [-0.15, -0.1) is 0 Å². The first-order chi connectivity index (χ1) is 13.3. The van der Waals surface area contributed by atoms with Crippen LogP contribution in [0, 0.1) is 0 Å². The number of esters is 1. The van der Waals surface area contributed by atoms with E-state index in [-0.39, 0.29) is 32.4 Å². The minimum Gasteiger partial charge on any atom is -0.460 e. The van der Waals surface area contributed by atoms with Crippen molar-refractivity contribution in [3.63, 3.8) is 0 Å². The van der Waals surface area contributed by atoms with Crippen molar-refractivity contribution >= 4 is 5.97 Å². The Labute approximate surface area is 159 Å². The molecule has 3 rings (SSSR count). The van der Waals surface area contributed by atoms with Crippen LogP contribution < -0.4 is 0 Å². The van der Waals surface area contributed by atoms with Gasteiger partial charge in [0.1, 0.15) is 6.61 Å². The Morgan fingerprint density at radius 2 is 1.30 bits per heavy atom. The first kappa shape index (κ1) is 18.8. The standard InChI is InChI=1S/C23H22O4/c24-14-15-26-16-17-27-23(25)20-12-10-19(11-13-20)22-9-5-4-8-21(22)18-6-2-1-3-7-18/h1-13,24H,14-17H2. The van der Waals surface area contributed by atoms with Crippen LogP contribution in [-0.4, -0.2) is 37.5 Å². The molecule has 0 atom stereocenters. The zero-order valence-electron chi connectivity index (χ0n) is 15.0. The van der Waals surface area contributed by atoms with Gasteiger partial charge >= 0.3 is 5.97 Å². The smallest absolute Gasteiger partial charge is 0.338 e. The molecule has 0 bridgehead atoms. The summed E-state index contributed by atoms with van der Waals surface area (Å²) in [5.74, 6) is -0.384. The number of benzene rings is 3. The molecular formula is C23H22O4. The summed E-state index contributed by atoms with van der Waals surface area (Å²) in [5, 5.41) is 8.63. The van der Waals surface area contributed by atoms with Gasteiger partial charge in [-0.2, -0.15) is 0 Å². The zero-order valence-corrected chi connectivity index (χ0v) is 15.0. The minimum absolute atomic E-state index is 0.0418. The maximum absolute atomic E-state index is 12.1. The van der Waals surface area contributed by atoms with Gasteiger partial charge in [0.2, 0.25) is 0 Å². The highest BCUT2D eigenvalue weighted by Crippen LogP contribution is 2.31. The topological polar surface area (TPSA) is 55.8 Å². The number of carbonyl (C=O) groups excluding carboxylic acids is 1. The van der Waals surface area contributed by atoms with Crippen LogP contribution in [-0.2, 0) is 9.47 Å². The third kappa shape index (κ3) is 5.03. The predicted octanol–water partition coefficient (Wildman–Crippen LogP) is 4.19. The van der Waals surface area contributed by atoms with Crippen molar-refractivity contribution in [3.05, 3.63) is 84.4 Å². The number of ether oxygens (including phenoxy) is 2. The van der Waals surface area contributed by atoms with Crippen molar-refractivity contribution in [3.8, 4) is 22.3 Å². The molecule has 27 heavy (non-hydrogen) atoms. The van der Waals surface area contributed by atoms with Crippen LogP contribution in [0.4, 0.5) is 0 Å². The summed E-state index contributed by atoms with van der Waals surface area (Å²) in [6.07, 6.45) is 0. The molecule has 0 radical (unpaired) electrons. The van der Waals surface area contributed by atoms with Crippen LogP contribution in [0.3, 0.4) is 0 Å². The number of aliphatic hydroxyl groups excluding tert-OH is 1. The lowest BCUT2D eigenvalue weighted by molar-refractivity contribution is 0.0258. The first-order valence-electron chi connectivity index (χ1n) is 8.90. The van der Waals surface area contributed by atoms with Gasteiger partial charge in [-0.25, -0.2) is 4.79 Å². The third-order valence-corrected chi connectivity index (χ3v) is 4.14. The van der Waals surface area contributed by atoms with Crippen molar-refractivity contribution in [2.45, 2.75) is 0 Å². The van der Waals surface area contributed by atoms with Crippen LogP contribution in [0.2, 0.25) is 0 Å². The van der Waals surface area contributed by atoms with E-state index in [2.05, 4.69) is 24.3 Å². The van der Waals surface area contributed by atoms with E-state index in [1.165, 1.54) is 0 Å². The lowest BCUT2D eigenvalue weighted by Crippen LogP contribution is -2.12. The van der Waals surface area contributed by atoms with E-state index in [0.717, 1.165) is 22.3 Å². The minimum atomic E-state index is -0.384. The Kier molecular flexibility index (Phi) is 6.74. The van der Waals surface area contributed by atoms with Gasteiger partial charge in [-0.3, -0.25) is 0 Å². The van der Waals surface area contributed by atoms with Gasteiger partial charge in [0.05, 0.1) is 25.4 Å². The molecule has 0 aliphatic rings. The average molecular weight is 362 g/mol. The van der Waals surface area contributed by atoms with Crippen molar-refractivity contribution in [1.29, 1.82) is 0 Å². The van der Waals surface area contributed by atoms with Crippen molar-refractivity contribution < 1.29 is 19.4 Å². The Bertz CT molecular complexity index is 857. The molecule has 0 saturated heterocycles. The van der Waals surface area contributed by atoms with E-state index >= 15 is 0 Å². The molecule has 0 heterocycles. The monoisotopic (exact) mass is 362 g/mol. The fourth-order valence-electron chi connectivity index (χ4n) is 2.83. The number of carbonyl (C=O) groups is 1. The molecule has 3 aromatic carbocycles. The predicted molar refractivity (Wildman–Crippen MR) is 106 cm³/mol.